The van der Waals surface area contributed by atoms with Crippen LogP contribution < -0.4 is 5.73 Å². The largest absolute Gasteiger partial charge is 0.321 e. The molecule has 0 unspecified atom stereocenters. The number of imidazole rings is 1. The molecule has 1 aliphatic carbocycles. The van der Waals surface area contributed by atoms with Gasteiger partial charge >= 0.3 is 0 Å². The summed E-state index contributed by atoms with van der Waals surface area (Å²) in [6.07, 6.45) is 4.93. The molecule has 1 fully saturated rings. The molecule has 0 aliphatic heterocycles. The highest BCUT2D eigenvalue weighted by molar-refractivity contribution is 6.28. The summed E-state index contributed by atoms with van der Waals surface area (Å²) in [7, 11) is 0. The summed E-state index contributed by atoms with van der Waals surface area (Å²) in [4.78, 5) is 13.3. The van der Waals surface area contributed by atoms with E-state index in [1.165, 1.54) is 12.0 Å². The van der Waals surface area contributed by atoms with Crippen LogP contribution >= 0.6 is 11.6 Å². The first-order valence-corrected chi connectivity index (χ1v) is 9.38. The van der Waals surface area contributed by atoms with Gasteiger partial charge in [-0.05, 0) is 48.6 Å². The molecule has 0 spiro atoms. The quantitative estimate of drug-likeness (QED) is 0.536. The van der Waals surface area contributed by atoms with Gasteiger partial charge in [0.1, 0.15) is 11.3 Å². The fourth-order valence-electron chi connectivity index (χ4n) is 3.67. The monoisotopic (exact) mass is 375 g/mol. The second-order valence-corrected chi connectivity index (χ2v) is 7.38. The van der Waals surface area contributed by atoms with Gasteiger partial charge in [-0.2, -0.15) is 4.98 Å². The maximum atomic E-state index is 6.47. The Morgan fingerprint density at radius 3 is 2.37 bits per heavy atom. The van der Waals surface area contributed by atoms with Crippen LogP contribution in [0.1, 0.15) is 24.8 Å². The van der Waals surface area contributed by atoms with E-state index in [2.05, 4.69) is 34.2 Å². The van der Waals surface area contributed by atoms with Crippen molar-refractivity contribution in [1.29, 1.82) is 0 Å². The number of nitrogens with two attached hydrogens (primary N) is 1. The first kappa shape index (κ1) is 16.4. The second-order valence-electron chi connectivity index (χ2n) is 7.04. The minimum absolute atomic E-state index is 0.177. The SMILES string of the molecule is NC1(c2ccc(-n3c(-c4ccccc4)nc4cnc(Cl)nc43)cc2)CCC1. The van der Waals surface area contributed by atoms with E-state index in [-0.39, 0.29) is 10.8 Å². The number of rotatable bonds is 3. The molecule has 6 heteroatoms. The first-order valence-electron chi connectivity index (χ1n) is 9.00. The van der Waals surface area contributed by atoms with Crippen LogP contribution in [0.15, 0.2) is 60.8 Å². The third-order valence-electron chi connectivity index (χ3n) is 5.35. The Kier molecular flexibility index (Phi) is 3.74. The van der Waals surface area contributed by atoms with Crippen LogP contribution in [-0.4, -0.2) is 19.5 Å². The van der Waals surface area contributed by atoms with Crippen LogP contribution in [0.2, 0.25) is 5.28 Å². The fourth-order valence-corrected chi connectivity index (χ4v) is 3.80. The van der Waals surface area contributed by atoms with Gasteiger partial charge in [0.2, 0.25) is 5.28 Å². The molecule has 5 nitrogen and oxygen atoms in total. The van der Waals surface area contributed by atoms with Gasteiger partial charge in [0.25, 0.3) is 0 Å². The summed E-state index contributed by atoms with van der Waals surface area (Å²) in [5.74, 6) is 0.807. The zero-order chi connectivity index (χ0) is 18.4. The van der Waals surface area contributed by atoms with Gasteiger partial charge in [0.05, 0.1) is 6.20 Å². The van der Waals surface area contributed by atoms with E-state index >= 15 is 0 Å². The van der Waals surface area contributed by atoms with Crippen molar-refractivity contribution in [2.75, 3.05) is 0 Å². The number of hydrogen-bond donors (Lipinski definition) is 1. The summed E-state index contributed by atoms with van der Waals surface area (Å²) >= 11 is 6.06. The average molecular weight is 376 g/mol. The Morgan fingerprint density at radius 1 is 0.963 bits per heavy atom. The second kappa shape index (κ2) is 6.15. The van der Waals surface area contributed by atoms with Gasteiger partial charge in [-0.3, -0.25) is 4.57 Å². The van der Waals surface area contributed by atoms with Gasteiger partial charge in [0.15, 0.2) is 5.65 Å². The predicted octanol–water partition coefficient (Wildman–Crippen LogP) is 4.47. The first-order chi connectivity index (χ1) is 13.1. The normalized spacial score (nSPS) is 15.6. The molecule has 0 radical (unpaired) electrons. The van der Waals surface area contributed by atoms with Gasteiger partial charge in [-0.1, -0.05) is 42.5 Å². The van der Waals surface area contributed by atoms with Crippen LogP contribution in [0.25, 0.3) is 28.2 Å². The van der Waals surface area contributed by atoms with Gasteiger partial charge in [-0.15, -0.1) is 0 Å². The molecule has 27 heavy (non-hydrogen) atoms. The van der Waals surface area contributed by atoms with Crippen molar-refractivity contribution in [2.24, 2.45) is 5.73 Å². The van der Waals surface area contributed by atoms with Crippen molar-refractivity contribution in [2.45, 2.75) is 24.8 Å². The van der Waals surface area contributed by atoms with Crippen molar-refractivity contribution in [3.05, 3.63) is 71.6 Å². The Labute approximate surface area is 161 Å². The summed E-state index contributed by atoms with van der Waals surface area (Å²) in [6.45, 7) is 0. The number of hydrogen-bond acceptors (Lipinski definition) is 4. The molecule has 1 saturated carbocycles. The Bertz CT molecular complexity index is 1110. The number of benzene rings is 2. The molecule has 0 atom stereocenters. The lowest BCUT2D eigenvalue weighted by molar-refractivity contribution is 0.253. The average Bonchev–Trinajstić information content (AvgIpc) is 3.05. The van der Waals surface area contributed by atoms with E-state index in [0.29, 0.717) is 11.2 Å². The fraction of sp³-hybridized carbons (Fsp3) is 0.190. The molecule has 2 N–H and O–H groups in total. The highest BCUT2D eigenvalue weighted by Crippen LogP contribution is 2.39. The highest BCUT2D eigenvalue weighted by atomic mass is 35.5. The van der Waals surface area contributed by atoms with Crippen LogP contribution in [0.4, 0.5) is 0 Å². The molecule has 0 saturated heterocycles. The third-order valence-corrected chi connectivity index (χ3v) is 5.53. The smallest absolute Gasteiger partial charge is 0.224 e. The molecule has 5 rings (SSSR count). The van der Waals surface area contributed by atoms with Crippen molar-refractivity contribution < 1.29 is 0 Å². The van der Waals surface area contributed by atoms with Crippen LogP contribution in [-0.2, 0) is 5.54 Å². The molecule has 2 heterocycles. The van der Waals surface area contributed by atoms with E-state index in [4.69, 9.17) is 22.3 Å². The standard InChI is InChI=1S/C21H18ClN5/c22-20-24-13-17-19(26-20)27(18(25-17)14-5-2-1-3-6-14)16-9-7-15(8-10-16)21(23)11-4-12-21/h1-3,5-10,13H,4,11-12,23H2. The lowest BCUT2D eigenvalue weighted by Gasteiger charge is -2.38. The van der Waals surface area contributed by atoms with E-state index < -0.39 is 0 Å². The molecule has 134 valence electrons. The molecule has 4 aromatic rings. The van der Waals surface area contributed by atoms with E-state index in [1.54, 1.807) is 6.20 Å². The zero-order valence-electron chi connectivity index (χ0n) is 14.6. The molecular formula is C21H18ClN5. The topological polar surface area (TPSA) is 69.6 Å². The van der Waals surface area contributed by atoms with Gasteiger partial charge in [-0.25, -0.2) is 9.97 Å². The summed E-state index contributed by atoms with van der Waals surface area (Å²) < 4.78 is 2.02. The minimum atomic E-state index is -0.177. The predicted molar refractivity (Wildman–Crippen MR) is 107 cm³/mol. The Morgan fingerprint density at radius 2 is 1.70 bits per heavy atom. The molecule has 2 aromatic heterocycles. The molecule has 1 aliphatic rings. The molecular weight excluding hydrogens is 358 g/mol. The number of aromatic nitrogens is 4. The third kappa shape index (κ3) is 2.71. The Balaban J connectivity index is 1.70. The van der Waals surface area contributed by atoms with Crippen molar-refractivity contribution in [3.8, 4) is 17.1 Å². The summed E-state index contributed by atoms with van der Waals surface area (Å²) in [5, 5.41) is 0.204. The lowest BCUT2D eigenvalue weighted by atomic mass is 9.73. The van der Waals surface area contributed by atoms with Crippen LogP contribution in [0.3, 0.4) is 0 Å². The number of halogens is 1. The minimum Gasteiger partial charge on any atom is -0.321 e. The maximum Gasteiger partial charge on any atom is 0.224 e. The van der Waals surface area contributed by atoms with E-state index in [0.717, 1.165) is 29.9 Å². The zero-order valence-corrected chi connectivity index (χ0v) is 15.4. The lowest BCUT2D eigenvalue weighted by Crippen LogP contribution is -2.43. The van der Waals surface area contributed by atoms with E-state index in [9.17, 15) is 0 Å². The summed E-state index contributed by atoms with van der Waals surface area (Å²) in [6, 6.07) is 18.4. The molecule has 0 bridgehead atoms. The maximum absolute atomic E-state index is 6.47. The molecule has 0 amide bonds. The molecule has 2 aromatic carbocycles. The van der Waals surface area contributed by atoms with Crippen molar-refractivity contribution in [1.82, 2.24) is 19.5 Å². The van der Waals surface area contributed by atoms with E-state index in [1.807, 2.05) is 34.9 Å². The summed E-state index contributed by atoms with van der Waals surface area (Å²) in [5.41, 5.74) is 10.8. The van der Waals surface area contributed by atoms with Gasteiger partial charge < -0.3 is 5.73 Å². The Hall–Kier alpha value is -2.76. The van der Waals surface area contributed by atoms with Crippen molar-refractivity contribution >= 4 is 22.8 Å². The van der Waals surface area contributed by atoms with Gasteiger partial charge in [0, 0.05) is 16.8 Å². The number of fused-ring (bicyclic) bond motifs is 1. The highest BCUT2D eigenvalue weighted by Gasteiger charge is 2.34. The van der Waals surface area contributed by atoms with Crippen molar-refractivity contribution in [3.63, 3.8) is 0 Å². The number of nitrogens with zero attached hydrogens (tertiary/aromatic N) is 4. The van der Waals surface area contributed by atoms with Crippen LogP contribution in [0, 0.1) is 0 Å². The van der Waals surface area contributed by atoms with Crippen LogP contribution in [0.5, 0.6) is 0 Å².